The van der Waals surface area contributed by atoms with E-state index in [4.69, 9.17) is 8.22 Å². The van der Waals surface area contributed by atoms with E-state index in [2.05, 4.69) is 204 Å². The number of nitrogens with zero attached hydrogens (tertiary/aromatic N) is 4. The zero-order valence-electron chi connectivity index (χ0n) is 62.0. The molecule has 0 fully saturated rings. The molecule has 0 spiro atoms. The van der Waals surface area contributed by atoms with Crippen LogP contribution in [-0.4, -0.2) is 11.3 Å². The van der Waals surface area contributed by atoms with Crippen LogP contribution in [0, 0.1) is 11.3 Å². The smallest absolute Gasteiger partial charge is 0.252 e. The molecule has 4 nitrogen and oxygen atoms in total. The molecule has 0 amide bonds. The van der Waals surface area contributed by atoms with Gasteiger partial charge in [-0.25, -0.2) is 0 Å². The topological polar surface area (TPSA) is 35.2 Å². The Hall–Kier alpha value is -10.4. The van der Waals surface area contributed by atoms with Crippen molar-refractivity contribution in [3.8, 4) is 67.4 Å². The Morgan fingerprint density at radius 3 is 1.29 bits per heavy atom. The Morgan fingerprint density at radius 2 is 0.800 bits per heavy atom. The van der Waals surface area contributed by atoms with Gasteiger partial charge in [-0.1, -0.05) is 262 Å². The molecule has 3 heterocycles. The summed E-state index contributed by atoms with van der Waals surface area (Å²) in [6, 6.07) is 69.3. The third kappa shape index (κ3) is 9.53. The SMILES string of the molecule is [2H]c1c([2H])c([2H])c(-c2ccc3c(c2)N(c2ccc(C#N)c(-n4c5ccccc5c5ccccc54)c2)c2cc(-c4cc(C(C)(C)C)cc(C(C)(C)C)c4)cc4c2B3c2ccc(-c3c([2H])c([2H])c([2H])c([2H])c3[2H])cc2N4c2c(-c3ccccc3)cc(C(C)(C)C)cc2-c2ccccc2)c([2H])c1[2H]. The van der Waals surface area contributed by atoms with Crippen molar-refractivity contribution >= 4 is 79.0 Å². The van der Waals surface area contributed by atoms with Crippen LogP contribution in [0.5, 0.6) is 0 Å². The van der Waals surface area contributed by atoms with Gasteiger partial charge in [-0.3, -0.25) is 0 Å². The van der Waals surface area contributed by atoms with Crippen LogP contribution < -0.4 is 26.2 Å². The van der Waals surface area contributed by atoms with Crippen molar-refractivity contribution in [2.24, 2.45) is 0 Å². The molecule has 12 aromatic carbocycles. The second kappa shape index (κ2) is 21.4. The number of para-hydroxylation sites is 2. The highest BCUT2D eigenvalue weighted by atomic mass is 15.2. The maximum Gasteiger partial charge on any atom is 0.252 e. The Bertz CT molecular complexity index is 5460. The number of fused-ring (bicyclic) bond motifs is 7. The highest BCUT2D eigenvalue weighted by molar-refractivity contribution is 7.00. The van der Waals surface area contributed by atoms with Crippen LogP contribution in [0.15, 0.2) is 267 Å². The molecule has 1 aromatic heterocycles. The van der Waals surface area contributed by atoms with Gasteiger partial charge in [0.2, 0.25) is 0 Å². The van der Waals surface area contributed by atoms with Crippen molar-refractivity contribution in [2.75, 3.05) is 9.80 Å². The van der Waals surface area contributed by atoms with E-state index in [1.807, 2.05) is 84.9 Å². The minimum atomic E-state index is -0.629. The molecule has 0 saturated carbocycles. The molecule has 0 atom stereocenters. The molecule has 5 heteroatoms. The lowest BCUT2D eigenvalue weighted by Gasteiger charge is -2.45. The summed E-state index contributed by atoms with van der Waals surface area (Å²) in [6.45, 7) is 19.4. The predicted octanol–water partition coefficient (Wildman–Crippen LogP) is 21.0. The van der Waals surface area contributed by atoms with Gasteiger partial charge in [-0.2, -0.15) is 5.26 Å². The van der Waals surface area contributed by atoms with Gasteiger partial charge in [0.25, 0.3) is 6.71 Å². The van der Waals surface area contributed by atoms with Crippen molar-refractivity contribution in [2.45, 2.75) is 78.6 Å². The molecule has 2 aliphatic rings. The van der Waals surface area contributed by atoms with Gasteiger partial charge in [0.1, 0.15) is 6.07 Å². The molecule has 434 valence electrons. The quantitative estimate of drug-likeness (QED) is 0.142. The summed E-state index contributed by atoms with van der Waals surface area (Å²) in [5.41, 5.74) is 18.6. The van der Waals surface area contributed by atoms with Gasteiger partial charge in [0.05, 0.1) is 41.7 Å². The number of anilines is 6. The maximum atomic E-state index is 11.3. The molecular weight excluding hydrogens is 1090 g/mol. The summed E-state index contributed by atoms with van der Waals surface area (Å²) < 4.78 is 93.6. The van der Waals surface area contributed by atoms with Crippen LogP contribution in [0.4, 0.5) is 34.1 Å². The molecule has 0 N–H and O–H groups in total. The Balaban J connectivity index is 1.16. The number of benzene rings is 12. The Kier molecular flexibility index (Phi) is 10.9. The minimum absolute atomic E-state index is 0.0348. The van der Waals surface area contributed by atoms with Gasteiger partial charge in [0, 0.05) is 50.3 Å². The van der Waals surface area contributed by atoms with E-state index in [1.54, 1.807) is 0 Å². The van der Waals surface area contributed by atoms with E-state index in [0.717, 1.165) is 105 Å². The van der Waals surface area contributed by atoms with Crippen LogP contribution in [0.1, 0.15) is 98.3 Å². The Labute approximate surface area is 544 Å². The van der Waals surface area contributed by atoms with Crippen LogP contribution in [-0.2, 0) is 16.2 Å². The average Bonchev–Trinajstić information content (AvgIpc) is 0.786. The van der Waals surface area contributed by atoms with Gasteiger partial charge in [-0.15, -0.1) is 0 Å². The van der Waals surface area contributed by atoms with Gasteiger partial charge in [0.15, 0.2) is 0 Å². The summed E-state index contributed by atoms with van der Waals surface area (Å²) in [5, 5.41) is 13.4. The number of rotatable bonds is 8. The fourth-order valence-corrected chi connectivity index (χ4v) is 13.5. The lowest BCUT2D eigenvalue weighted by atomic mass is 9.33. The van der Waals surface area contributed by atoms with E-state index in [-0.39, 0.29) is 51.5 Å². The second-order valence-electron chi connectivity index (χ2n) is 27.0. The van der Waals surface area contributed by atoms with Crippen molar-refractivity contribution in [1.29, 1.82) is 5.26 Å². The third-order valence-corrected chi connectivity index (χ3v) is 18.2. The zero-order chi connectivity index (χ0) is 70.5. The van der Waals surface area contributed by atoms with Crippen LogP contribution in [0.2, 0.25) is 0 Å². The van der Waals surface area contributed by atoms with E-state index < -0.39 is 43.0 Å². The summed E-state index contributed by atoms with van der Waals surface area (Å²) in [4.78, 5) is 4.59. The van der Waals surface area contributed by atoms with Crippen LogP contribution in [0.3, 0.4) is 0 Å². The Morgan fingerprint density at radius 1 is 0.367 bits per heavy atom. The summed E-state index contributed by atoms with van der Waals surface area (Å²) in [6.07, 6.45) is 0. The zero-order valence-corrected chi connectivity index (χ0v) is 52.0. The van der Waals surface area contributed by atoms with Crippen molar-refractivity contribution in [3.05, 3.63) is 289 Å². The highest BCUT2D eigenvalue weighted by Crippen LogP contribution is 2.53. The predicted molar refractivity (Wildman–Crippen MR) is 383 cm³/mol. The number of aromatic nitrogens is 1. The molecule has 0 radical (unpaired) electrons. The summed E-state index contributed by atoms with van der Waals surface area (Å²) >= 11 is 0. The minimum Gasteiger partial charge on any atom is -0.311 e. The molecule has 2 aliphatic heterocycles. The first kappa shape index (κ1) is 45.8. The van der Waals surface area contributed by atoms with Crippen molar-refractivity contribution in [3.63, 3.8) is 0 Å². The average molecular weight is 1170 g/mol. The fourth-order valence-electron chi connectivity index (χ4n) is 13.5. The van der Waals surface area contributed by atoms with Gasteiger partial charge < -0.3 is 14.4 Å². The number of hydrogen-bond donors (Lipinski definition) is 0. The molecule has 0 bridgehead atoms. The standard InChI is InChI=1S/C85H71BN4/c1-83(2,3)64-44-62(45-65(50-64)84(4,5)6)63-48-79-81-80(49-63)90(82-70(57-30-18-12-19-31-57)51-66(85(7,8)9)52-71(82)58-32-20-13-21-33-58)78-47-60(56-28-16-11-17-29-56)40-43-73(78)86(81)72-42-39-59(55-26-14-10-15-27-55)46-77(72)88(79)67-41-38-61(54-87)76(53-67)89-74-36-24-22-34-68(74)69-35-23-25-37-75(69)89/h10-53H,1-9H3/i10D,11D,14D,15D,16D,17D,26D,27D,28D,29D. The monoisotopic (exact) mass is 1170 g/mol. The van der Waals surface area contributed by atoms with Gasteiger partial charge >= 0.3 is 0 Å². The number of hydrogen-bond acceptors (Lipinski definition) is 3. The molecule has 0 saturated heterocycles. The third-order valence-electron chi connectivity index (χ3n) is 18.2. The first-order valence-corrected chi connectivity index (χ1v) is 30.8. The molecule has 90 heavy (non-hydrogen) atoms. The molecule has 15 rings (SSSR count). The normalized spacial score (nSPS) is 14.4. The molecule has 13 aromatic rings. The van der Waals surface area contributed by atoms with Crippen LogP contribution >= 0.6 is 0 Å². The van der Waals surface area contributed by atoms with Gasteiger partial charge in [-0.05, 0) is 161 Å². The van der Waals surface area contributed by atoms with E-state index in [1.165, 1.54) is 0 Å². The summed E-state index contributed by atoms with van der Waals surface area (Å²) in [5.74, 6) is 0. The fraction of sp³-hybridized carbons (Fsp3) is 0.141. The first-order chi connectivity index (χ1) is 47.6. The first-order valence-electron chi connectivity index (χ1n) is 35.8. The van der Waals surface area contributed by atoms with E-state index in [0.29, 0.717) is 39.4 Å². The van der Waals surface area contributed by atoms with Crippen LogP contribution in [0.25, 0.3) is 83.1 Å². The largest absolute Gasteiger partial charge is 0.311 e. The second-order valence-corrected chi connectivity index (χ2v) is 27.0. The van der Waals surface area contributed by atoms with E-state index >= 15 is 0 Å². The molecule has 0 aliphatic carbocycles. The lowest BCUT2D eigenvalue weighted by molar-refractivity contribution is 0.569. The number of nitriles is 1. The molecular formula is C85H71BN4. The highest BCUT2D eigenvalue weighted by Gasteiger charge is 2.45. The lowest BCUT2D eigenvalue weighted by Crippen LogP contribution is -2.61. The van der Waals surface area contributed by atoms with Crippen molar-refractivity contribution in [1.82, 2.24) is 4.57 Å². The van der Waals surface area contributed by atoms with E-state index in [9.17, 15) is 10.7 Å². The summed E-state index contributed by atoms with van der Waals surface area (Å²) in [7, 11) is 0. The van der Waals surface area contributed by atoms with Crippen molar-refractivity contribution < 1.29 is 13.7 Å². The maximum absolute atomic E-state index is 11.3. The molecule has 0 unspecified atom stereocenters.